The SMILES string of the molecule is CCO.O=C(O)CC(O)(CC(=O)O)C(=O)O.[KH]. The average molecular weight is 278 g/mol. The van der Waals surface area contributed by atoms with E-state index in [-0.39, 0.29) is 58.0 Å². The number of carboxylic acid groups (broad SMARTS) is 3. The van der Waals surface area contributed by atoms with Gasteiger partial charge >= 0.3 is 69.3 Å². The molecule has 0 radical (unpaired) electrons. The molecule has 0 aromatic carbocycles. The van der Waals surface area contributed by atoms with Gasteiger partial charge in [-0.15, -0.1) is 0 Å². The summed E-state index contributed by atoms with van der Waals surface area (Å²) in [7, 11) is 0. The molecule has 9 heteroatoms. The first-order valence-electron chi connectivity index (χ1n) is 4.19. The van der Waals surface area contributed by atoms with Crippen molar-refractivity contribution in [3.63, 3.8) is 0 Å². The Bertz CT molecular complexity index is 248. The Morgan fingerprint density at radius 1 is 1.00 bits per heavy atom. The van der Waals surface area contributed by atoms with E-state index < -0.39 is 36.4 Å². The van der Waals surface area contributed by atoms with E-state index in [0.29, 0.717) is 0 Å². The minimum absolute atomic E-state index is 0. The van der Waals surface area contributed by atoms with Crippen LogP contribution in [-0.4, -0.2) is 107 Å². The summed E-state index contributed by atoms with van der Waals surface area (Å²) in [5.74, 6) is -5.02. The number of aliphatic hydroxyl groups excluding tert-OH is 1. The number of carbonyl (C=O) groups is 3. The summed E-state index contributed by atoms with van der Waals surface area (Å²) in [6, 6.07) is 0. The fourth-order valence-corrected chi connectivity index (χ4v) is 0.714. The number of hydrogen-bond donors (Lipinski definition) is 5. The van der Waals surface area contributed by atoms with Crippen LogP contribution in [0.15, 0.2) is 0 Å². The molecule has 0 heterocycles. The molecule has 0 saturated heterocycles. The normalized spacial score (nSPS) is 9.35. The molecule has 0 bridgehead atoms. The van der Waals surface area contributed by atoms with Crippen LogP contribution >= 0.6 is 0 Å². The van der Waals surface area contributed by atoms with Crippen molar-refractivity contribution in [3.8, 4) is 0 Å². The molecule has 96 valence electrons. The summed E-state index contributed by atoms with van der Waals surface area (Å²) >= 11 is 0. The third kappa shape index (κ3) is 12.2. The van der Waals surface area contributed by atoms with Crippen LogP contribution in [0.25, 0.3) is 0 Å². The molecule has 0 aliphatic rings. The van der Waals surface area contributed by atoms with Gasteiger partial charge in [-0.1, -0.05) is 0 Å². The van der Waals surface area contributed by atoms with E-state index in [9.17, 15) is 14.4 Å². The monoisotopic (exact) mass is 278 g/mol. The van der Waals surface area contributed by atoms with E-state index in [2.05, 4.69) is 0 Å². The van der Waals surface area contributed by atoms with Crippen LogP contribution in [-0.2, 0) is 14.4 Å². The van der Waals surface area contributed by atoms with Crippen molar-refractivity contribution in [3.05, 3.63) is 0 Å². The van der Waals surface area contributed by atoms with Crippen LogP contribution in [0.5, 0.6) is 0 Å². The van der Waals surface area contributed by atoms with Crippen LogP contribution in [0.4, 0.5) is 0 Å². The predicted molar refractivity (Wildman–Crippen MR) is 57.0 cm³/mol. The average Bonchev–Trinajstić information content (AvgIpc) is 2.01. The molecule has 0 rings (SSSR count). The zero-order valence-corrected chi connectivity index (χ0v) is 8.58. The molecule has 5 N–H and O–H groups in total. The molecule has 0 aliphatic carbocycles. The Balaban J connectivity index is -0.000000440. The molecule has 0 saturated carbocycles. The number of aliphatic hydroxyl groups is 2. The van der Waals surface area contributed by atoms with Crippen molar-refractivity contribution < 1.29 is 39.9 Å². The molecule has 0 fully saturated rings. The molecule has 0 aromatic heterocycles. The Kier molecular flexibility index (Phi) is 14.5. The van der Waals surface area contributed by atoms with Crippen molar-refractivity contribution in [2.45, 2.75) is 25.4 Å². The quantitative estimate of drug-likeness (QED) is 0.366. The molecule has 0 aliphatic heterocycles. The minimum atomic E-state index is -2.74. The molecule has 0 spiro atoms. The first-order valence-corrected chi connectivity index (χ1v) is 4.19. The number of carboxylic acids is 3. The van der Waals surface area contributed by atoms with Crippen LogP contribution in [0.2, 0.25) is 0 Å². The van der Waals surface area contributed by atoms with Gasteiger partial charge < -0.3 is 25.5 Å². The molecular formula is C8H15KO8. The van der Waals surface area contributed by atoms with Gasteiger partial charge in [-0.2, -0.15) is 0 Å². The molecule has 0 atom stereocenters. The van der Waals surface area contributed by atoms with Gasteiger partial charge in [0.15, 0.2) is 5.60 Å². The second-order valence-electron chi connectivity index (χ2n) is 2.79. The van der Waals surface area contributed by atoms with Crippen molar-refractivity contribution >= 4 is 69.3 Å². The van der Waals surface area contributed by atoms with Crippen molar-refractivity contribution in [2.75, 3.05) is 6.61 Å². The summed E-state index contributed by atoms with van der Waals surface area (Å²) < 4.78 is 0. The summed E-state index contributed by atoms with van der Waals surface area (Å²) in [6.45, 7) is 1.93. The summed E-state index contributed by atoms with van der Waals surface area (Å²) in [5, 5.41) is 41.4. The fourth-order valence-electron chi connectivity index (χ4n) is 0.714. The van der Waals surface area contributed by atoms with Gasteiger partial charge in [0.05, 0.1) is 12.8 Å². The zero-order chi connectivity index (χ0) is 13.4. The predicted octanol–water partition coefficient (Wildman–Crippen LogP) is -1.90. The van der Waals surface area contributed by atoms with Gasteiger partial charge in [-0.05, 0) is 6.92 Å². The Morgan fingerprint density at radius 3 is 1.35 bits per heavy atom. The summed E-state index contributed by atoms with van der Waals surface area (Å²) in [4.78, 5) is 30.5. The van der Waals surface area contributed by atoms with Crippen LogP contribution < -0.4 is 0 Å². The fraction of sp³-hybridized carbons (Fsp3) is 0.625. The Labute approximate surface area is 140 Å². The third-order valence-corrected chi connectivity index (χ3v) is 1.29. The molecular weight excluding hydrogens is 263 g/mol. The first kappa shape index (κ1) is 22.2. The topological polar surface area (TPSA) is 152 Å². The van der Waals surface area contributed by atoms with Crippen LogP contribution in [0, 0.1) is 0 Å². The molecule has 0 aromatic rings. The van der Waals surface area contributed by atoms with Gasteiger partial charge in [-0.3, -0.25) is 9.59 Å². The van der Waals surface area contributed by atoms with E-state index in [4.69, 9.17) is 25.5 Å². The first-order chi connectivity index (χ1) is 7.19. The summed E-state index contributed by atoms with van der Waals surface area (Å²) in [6.07, 6.45) is -2.29. The second-order valence-corrected chi connectivity index (χ2v) is 2.79. The molecule has 17 heavy (non-hydrogen) atoms. The van der Waals surface area contributed by atoms with E-state index in [1.807, 2.05) is 0 Å². The molecule has 8 nitrogen and oxygen atoms in total. The Hall–Kier alpha value is -0.0336. The van der Waals surface area contributed by atoms with E-state index in [0.717, 1.165) is 0 Å². The van der Waals surface area contributed by atoms with Crippen LogP contribution in [0.1, 0.15) is 19.8 Å². The Morgan fingerprint density at radius 2 is 1.24 bits per heavy atom. The van der Waals surface area contributed by atoms with Gasteiger partial charge in [0, 0.05) is 6.61 Å². The van der Waals surface area contributed by atoms with Gasteiger partial charge in [0.25, 0.3) is 0 Å². The van der Waals surface area contributed by atoms with E-state index in [1.165, 1.54) is 0 Å². The van der Waals surface area contributed by atoms with Crippen molar-refractivity contribution in [2.24, 2.45) is 0 Å². The maximum atomic E-state index is 10.3. The van der Waals surface area contributed by atoms with E-state index >= 15 is 0 Å². The molecule has 0 unspecified atom stereocenters. The second kappa shape index (κ2) is 11.1. The molecule has 0 amide bonds. The number of rotatable bonds is 5. The van der Waals surface area contributed by atoms with Crippen LogP contribution in [0.3, 0.4) is 0 Å². The third-order valence-electron chi connectivity index (χ3n) is 1.29. The van der Waals surface area contributed by atoms with Gasteiger partial charge in [-0.25, -0.2) is 4.79 Å². The van der Waals surface area contributed by atoms with Crippen molar-refractivity contribution in [1.82, 2.24) is 0 Å². The summed E-state index contributed by atoms with van der Waals surface area (Å²) in [5.41, 5.74) is -2.74. The van der Waals surface area contributed by atoms with Gasteiger partial charge in [0.2, 0.25) is 0 Å². The maximum absolute atomic E-state index is 10.3. The zero-order valence-electron chi connectivity index (χ0n) is 8.58. The van der Waals surface area contributed by atoms with Crippen molar-refractivity contribution in [1.29, 1.82) is 0 Å². The van der Waals surface area contributed by atoms with Gasteiger partial charge in [0.1, 0.15) is 0 Å². The number of hydrogen-bond acceptors (Lipinski definition) is 5. The standard InChI is InChI=1S/C6H8O7.C2H6O.K.H/c7-3(8)1-6(13,5(11)12)2-4(9)10;1-2-3;;/h13H,1-2H2,(H,7,8)(H,9,10)(H,11,12);3H,2H2,1H3;;. The van der Waals surface area contributed by atoms with E-state index in [1.54, 1.807) is 6.92 Å². The number of aliphatic carboxylic acids is 3.